The summed E-state index contributed by atoms with van der Waals surface area (Å²) in [5, 5.41) is 3.43. The van der Waals surface area contributed by atoms with E-state index < -0.39 is 6.36 Å². The maximum atomic E-state index is 12.1. The third kappa shape index (κ3) is 3.68. The number of likely N-dealkylation sites (tertiary alicyclic amines) is 1. The number of nitrogens with zero attached hydrogens (tertiary/aromatic N) is 1. The van der Waals surface area contributed by atoms with Crippen LogP contribution in [0.3, 0.4) is 0 Å². The molecule has 0 aromatic heterocycles. The summed E-state index contributed by atoms with van der Waals surface area (Å²) in [5.41, 5.74) is 1.03. The first kappa shape index (κ1) is 14.7. The molecule has 6 heteroatoms. The monoisotopic (exact) mass is 300 g/mol. The second-order valence-electron chi connectivity index (χ2n) is 5.79. The van der Waals surface area contributed by atoms with E-state index in [9.17, 15) is 13.2 Å². The van der Waals surface area contributed by atoms with E-state index >= 15 is 0 Å². The lowest BCUT2D eigenvalue weighted by molar-refractivity contribution is -0.274. The maximum absolute atomic E-state index is 12.1. The number of benzene rings is 1. The summed E-state index contributed by atoms with van der Waals surface area (Å²) >= 11 is 0. The first-order valence-electron chi connectivity index (χ1n) is 7.31. The Labute approximate surface area is 122 Å². The molecule has 2 saturated heterocycles. The van der Waals surface area contributed by atoms with Crippen LogP contribution in [-0.4, -0.2) is 36.9 Å². The molecule has 2 unspecified atom stereocenters. The summed E-state index contributed by atoms with van der Waals surface area (Å²) < 4.78 is 40.3. The van der Waals surface area contributed by atoms with E-state index in [0.717, 1.165) is 31.7 Å². The zero-order valence-electron chi connectivity index (χ0n) is 11.7. The Morgan fingerprint density at radius 3 is 2.67 bits per heavy atom. The van der Waals surface area contributed by atoms with Crippen molar-refractivity contribution in [3.63, 3.8) is 0 Å². The summed E-state index contributed by atoms with van der Waals surface area (Å²) in [6.07, 6.45) is -2.16. The zero-order chi connectivity index (χ0) is 14.9. The standard InChI is InChI=1S/C15H19F3N2O/c16-15(17,18)21-13-5-3-11(4-6-13)10-20-7-1-2-12-8-19-9-14(12)20/h3-6,12,14,19H,1-2,7-10H2. The smallest absolute Gasteiger partial charge is 0.406 e. The summed E-state index contributed by atoms with van der Waals surface area (Å²) in [6.45, 7) is 3.94. The lowest BCUT2D eigenvalue weighted by Gasteiger charge is -2.37. The molecule has 0 spiro atoms. The predicted octanol–water partition coefficient (Wildman–Crippen LogP) is 2.77. The molecule has 1 N–H and O–H groups in total. The minimum atomic E-state index is -4.63. The predicted molar refractivity (Wildman–Crippen MR) is 72.9 cm³/mol. The highest BCUT2D eigenvalue weighted by molar-refractivity contribution is 5.27. The Balaban J connectivity index is 1.62. The molecule has 3 rings (SSSR count). The molecule has 1 aromatic carbocycles. The van der Waals surface area contributed by atoms with Crippen molar-refractivity contribution < 1.29 is 17.9 Å². The fraction of sp³-hybridized carbons (Fsp3) is 0.600. The van der Waals surface area contributed by atoms with Crippen LogP contribution in [0.1, 0.15) is 18.4 Å². The van der Waals surface area contributed by atoms with Gasteiger partial charge in [0.15, 0.2) is 0 Å². The maximum Gasteiger partial charge on any atom is 0.573 e. The number of ether oxygens (including phenoxy) is 1. The second kappa shape index (κ2) is 5.85. The summed E-state index contributed by atoms with van der Waals surface area (Å²) in [5.74, 6) is 0.553. The molecule has 1 aromatic rings. The third-order valence-electron chi connectivity index (χ3n) is 4.34. The first-order valence-corrected chi connectivity index (χ1v) is 7.31. The number of hydrogen-bond donors (Lipinski definition) is 1. The Bertz CT molecular complexity index is 475. The quantitative estimate of drug-likeness (QED) is 0.929. The van der Waals surface area contributed by atoms with Crippen molar-refractivity contribution in [3.05, 3.63) is 29.8 Å². The summed E-state index contributed by atoms with van der Waals surface area (Å²) in [6, 6.07) is 6.76. The van der Waals surface area contributed by atoms with E-state index in [1.54, 1.807) is 12.1 Å². The number of piperidine rings is 1. The van der Waals surface area contributed by atoms with Crippen LogP contribution < -0.4 is 10.1 Å². The van der Waals surface area contributed by atoms with Crippen LogP contribution in [-0.2, 0) is 6.54 Å². The van der Waals surface area contributed by atoms with E-state index in [1.165, 1.54) is 25.0 Å². The first-order chi connectivity index (χ1) is 10.0. The molecule has 2 atom stereocenters. The number of alkyl halides is 3. The van der Waals surface area contributed by atoms with Gasteiger partial charge in [0, 0.05) is 19.1 Å². The fourth-order valence-corrected chi connectivity index (χ4v) is 3.39. The van der Waals surface area contributed by atoms with Crippen LogP contribution in [0.15, 0.2) is 24.3 Å². The molecule has 3 nitrogen and oxygen atoms in total. The van der Waals surface area contributed by atoms with Crippen LogP contribution in [0.4, 0.5) is 13.2 Å². The van der Waals surface area contributed by atoms with Crippen molar-refractivity contribution in [1.29, 1.82) is 0 Å². The molecular weight excluding hydrogens is 281 g/mol. The largest absolute Gasteiger partial charge is 0.573 e. The van der Waals surface area contributed by atoms with Gasteiger partial charge in [-0.1, -0.05) is 12.1 Å². The molecule has 2 heterocycles. The Hall–Kier alpha value is -1.27. The van der Waals surface area contributed by atoms with Gasteiger partial charge >= 0.3 is 6.36 Å². The van der Waals surface area contributed by atoms with Crippen molar-refractivity contribution in [1.82, 2.24) is 10.2 Å². The van der Waals surface area contributed by atoms with Gasteiger partial charge in [0.05, 0.1) is 0 Å². The van der Waals surface area contributed by atoms with Gasteiger partial charge in [-0.2, -0.15) is 0 Å². The molecule has 0 saturated carbocycles. The van der Waals surface area contributed by atoms with Crippen LogP contribution in [0, 0.1) is 5.92 Å². The Morgan fingerprint density at radius 2 is 1.95 bits per heavy atom. The van der Waals surface area contributed by atoms with E-state index in [4.69, 9.17) is 0 Å². The van der Waals surface area contributed by atoms with Gasteiger partial charge in [0.2, 0.25) is 0 Å². The van der Waals surface area contributed by atoms with Gasteiger partial charge in [-0.15, -0.1) is 13.2 Å². The molecule has 2 aliphatic rings. The Morgan fingerprint density at radius 1 is 1.19 bits per heavy atom. The third-order valence-corrected chi connectivity index (χ3v) is 4.34. The normalized spacial score (nSPS) is 26.6. The highest BCUT2D eigenvalue weighted by Crippen LogP contribution is 2.28. The molecule has 2 fully saturated rings. The van der Waals surface area contributed by atoms with Gasteiger partial charge in [-0.3, -0.25) is 4.90 Å². The fourth-order valence-electron chi connectivity index (χ4n) is 3.39. The minimum absolute atomic E-state index is 0.162. The highest BCUT2D eigenvalue weighted by atomic mass is 19.4. The molecule has 0 bridgehead atoms. The number of fused-ring (bicyclic) bond motifs is 1. The van der Waals surface area contributed by atoms with Crippen molar-refractivity contribution in [2.24, 2.45) is 5.92 Å². The SMILES string of the molecule is FC(F)(F)Oc1ccc(CN2CCCC3CNCC32)cc1. The molecule has 116 valence electrons. The minimum Gasteiger partial charge on any atom is -0.406 e. The molecular formula is C15H19F3N2O. The second-order valence-corrected chi connectivity index (χ2v) is 5.79. The average Bonchev–Trinajstić information content (AvgIpc) is 2.89. The van der Waals surface area contributed by atoms with Crippen LogP contribution in [0.25, 0.3) is 0 Å². The molecule has 2 aliphatic heterocycles. The number of rotatable bonds is 3. The van der Waals surface area contributed by atoms with Gasteiger partial charge in [-0.05, 0) is 49.5 Å². The lowest BCUT2D eigenvalue weighted by Crippen LogP contribution is -2.44. The van der Waals surface area contributed by atoms with Crippen molar-refractivity contribution in [2.75, 3.05) is 19.6 Å². The molecule has 0 radical (unpaired) electrons. The van der Waals surface area contributed by atoms with Gasteiger partial charge in [-0.25, -0.2) is 0 Å². The van der Waals surface area contributed by atoms with Crippen LogP contribution >= 0.6 is 0 Å². The van der Waals surface area contributed by atoms with E-state index in [-0.39, 0.29) is 5.75 Å². The van der Waals surface area contributed by atoms with E-state index in [0.29, 0.717) is 12.0 Å². The molecule has 0 aliphatic carbocycles. The van der Waals surface area contributed by atoms with Gasteiger partial charge in [0.1, 0.15) is 5.75 Å². The summed E-state index contributed by atoms with van der Waals surface area (Å²) in [7, 11) is 0. The van der Waals surface area contributed by atoms with Crippen LogP contribution in [0.5, 0.6) is 5.75 Å². The number of hydrogen-bond acceptors (Lipinski definition) is 3. The number of halogens is 3. The van der Waals surface area contributed by atoms with Gasteiger partial charge < -0.3 is 10.1 Å². The molecule has 21 heavy (non-hydrogen) atoms. The van der Waals surface area contributed by atoms with E-state index in [2.05, 4.69) is 15.0 Å². The molecule has 0 amide bonds. The topological polar surface area (TPSA) is 24.5 Å². The van der Waals surface area contributed by atoms with Crippen molar-refractivity contribution >= 4 is 0 Å². The van der Waals surface area contributed by atoms with Crippen LogP contribution in [0.2, 0.25) is 0 Å². The van der Waals surface area contributed by atoms with Gasteiger partial charge in [0.25, 0.3) is 0 Å². The lowest BCUT2D eigenvalue weighted by atomic mass is 9.91. The van der Waals surface area contributed by atoms with E-state index in [1.807, 2.05) is 0 Å². The highest BCUT2D eigenvalue weighted by Gasteiger charge is 2.34. The number of nitrogens with one attached hydrogen (secondary N) is 1. The summed E-state index contributed by atoms with van der Waals surface area (Å²) in [4.78, 5) is 2.44. The zero-order valence-corrected chi connectivity index (χ0v) is 11.7. The van der Waals surface area contributed by atoms with Crippen molar-refractivity contribution in [3.8, 4) is 5.75 Å². The van der Waals surface area contributed by atoms with Crippen molar-refractivity contribution in [2.45, 2.75) is 31.8 Å². The Kier molecular flexibility index (Phi) is 4.08. The average molecular weight is 300 g/mol.